The van der Waals surface area contributed by atoms with Gasteiger partial charge in [-0.1, -0.05) is 0 Å². The van der Waals surface area contributed by atoms with Gasteiger partial charge in [0.25, 0.3) is 0 Å². The van der Waals surface area contributed by atoms with Crippen molar-refractivity contribution in [2.24, 2.45) is 7.05 Å². The summed E-state index contributed by atoms with van der Waals surface area (Å²) >= 11 is 0. The first-order chi connectivity index (χ1) is 4.93. The third kappa shape index (κ3) is 1.54. The van der Waals surface area contributed by atoms with Crippen molar-refractivity contribution in [3.63, 3.8) is 0 Å². The Hall–Kier alpha value is -0.560. The first-order valence-corrected chi connectivity index (χ1v) is 6.06. The molecule has 0 aliphatic heterocycles. The van der Waals surface area contributed by atoms with Crippen molar-refractivity contribution in [1.29, 1.82) is 0 Å². The van der Waals surface area contributed by atoms with Gasteiger partial charge < -0.3 is 9.13 Å². The van der Waals surface area contributed by atoms with E-state index in [2.05, 4.69) is 4.98 Å². The summed E-state index contributed by atoms with van der Waals surface area (Å²) in [5.74, 6) is 0. The SMILES string of the molecule is Cc1c(P(C)(C)=O)ncn1C. The van der Waals surface area contributed by atoms with Crippen molar-refractivity contribution < 1.29 is 4.57 Å². The summed E-state index contributed by atoms with van der Waals surface area (Å²) in [6.45, 7) is 5.41. The van der Waals surface area contributed by atoms with Crippen LogP contribution in [0, 0.1) is 6.92 Å². The monoisotopic (exact) mass is 172 g/mol. The Labute approximate surface area is 66.8 Å². The van der Waals surface area contributed by atoms with E-state index in [0.717, 1.165) is 11.1 Å². The Kier molecular flexibility index (Phi) is 1.93. The van der Waals surface area contributed by atoms with Crippen molar-refractivity contribution in [2.75, 3.05) is 13.3 Å². The van der Waals surface area contributed by atoms with Gasteiger partial charge in [0, 0.05) is 12.7 Å². The molecule has 0 aromatic carbocycles. The Balaban J connectivity index is 3.26. The van der Waals surface area contributed by atoms with E-state index in [1.54, 1.807) is 19.7 Å². The summed E-state index contributed by atoms with van der Waals surface area (Å²) in [4.78, 5) is 4.09. The van der Waals surface area contributed by atoms with Crippen molar-refractivity contribution >= 4 is 12.6 Å². The van der Waals surface area contributed by atoms with E-state index in [0.29, 0.717) is 0 Å². The molecule has 0 amide bonds. The molecule has 0 fully saturated rings. The lowest BCUT2D eigenvalue weighted by Gasteiger charge is -2.03. The van der Waals surface area contributed by atoms with Gasteiger partial charge in [-0.25, -0.2) is 4.98 Å². The van der Waals surface area contributed by atoms with Gasteiger partial charge in [-0.15, -0.1) is 0 Å². The maximum Gasteiger partial charge on any atom is 0.129 e. The van der Waals surface area contributed by atoms with Crippen LogP contribution in [0.3, 0.4) is 0 Å². The van der Waals surface area contributed by atoms with Crippen LogP contribution in [-0.4, -0.2) is 22.9 Å². The molecule has 0 aliphatic carbocycles. The van der Waals surface area contributed by atoms with E-state index in [9.17, 15) is 4.57 Å². The van der Waals surface area contributed by atoms with E-state index in [-0.39, 0.29) is 0 Å². The van der Waals surface area contributed by atoms with Gasteiger partial charge in [-0.3, -0.25) is 0 Å². The van der Waals surface area contributed by atoms with Crippen molar-refractivity contribution in [3.8, 4) is 0 Å². The fourth-order valence-electron chi connectivity index (χ4n) is 1.01. The molecule has 0 unspecified atom stereocenters. The molecule has 0 N–H and O–H groups in total. The lowest BCUT2D eigenvalue weighted by molar-refractivity contribution is 0.587. The van der Waals surface area contributed by atoms with Crippen LogP contribution in [0.1, 0.15) is 5.69 Å². The highest BCUT2D eigenvalue weighted by atomic mass is 31.2. The summed E-state index contributed by atoms with van der Waals surface area (Å²) in [5.41, 5.74) is 1.75. The molecule has 1 aromatic rings. The Morgan fingerprint density at radius 3 is 2.27 bits per heavy atom. The van der Waals surface area contributed by atoms with Crippen LogP contribution in [0.4, 0.5) is 0 Å². The molecular weight excluding hydrogens is 159 g/mol. The maximum absolute atomic E-state index is 11.6. The zero-order valence-electron chi connectivity index (χ0n) is 7.33. The third-order valence-electron chi connectivity index (χ3n) is 1.72. The topological polar surface area (TPSA) is 34.9 Å². The minimum Gasteiger partial charge on any atom is -0.337 e. The second kappa shape index (κ2) is 2.49. The summed E-state index contributed by atoms with van der Waals surface area (Å²) in [6, 6.07) is 0. The smallest absolute Gasteiger partial charge is 0.129 e. The number of nitrogens with zero attached hydrogens (tertiary/aromatic N) is 2. The Morgan fingerprint density at radius 1 is 1.55 bits per heavy atom. The fourth-order valence-corrected chi connectivity index (χ4v) is 2.27. The van der Waals surface area contributed by atoms with Crippen LogP contribution in [0.5, 0.6) is 0 Å². The van der Waals surface area contributed by atoms with Crippen LogP contribution in [-0.2, 0) is 11.6 Å². The lowest BCUT2D eigenvalue weighted by atomic mass is 10.5. The molecule has 0 radical (unpaired) electrons. The molecule has 4 heteroatoms. The van der Waals surface area contributed by atoms with E-state index in [4.69, 9.17) is 0 Å². The highest BCUT2D eigenvalue weighted by Crippen LogP contribution is 2.34. The zero-order valence-corrected chi connectivity index (χ0v) is 8.22. The summed E-state index contributed by atoms with van der Waals surface area (Å²) < 4.78 is 13.5. The quantitative estimate of drug-likeness (QED) is 0.592. The zero-order chi connectivity index (χ0) is 8.65. The minimum atomic E-state index is -2.17. The van der Waals surface area contributed by atoms with E-state index in [1.807, 2.05) is 18.5 Å². The van der Waals surface area contributed by atoms with Gasteiger partial charge in [0.2, 0.25) is 0 Å². The van der Waals surface area contributed by atoms with Gasteiger partial charge in [0.15, 0.2) is 0 Å². The summed E-state index contributed by atoms with van der Waals surface area (Å²) in [6.07, 6.45) is 1.70. The maximum atomic E-state index is 11.6. The highest BCUT2D eigenvalue weighted by Gasteiger charge is 2.17. The van der Waals surface area contributed by atoms with Crippen LogP contribution in [0.25, 0.3) is 0 Å². The van der Waals surface area contributed by atoms with Gasteiger partial charge in [-0.05, 0) is 20.3 Å². The second-order valence-electron chi connectivity index (χ2n) is 3.12. The molecule has 0 aliphatic rings. The molecule has 0 saturated carbocycles. The van der Waals surface area contributed by atoms with Gasteiger partial charge in [0.1, 0.15) is 12.6 Å². The molecule has 0 bridgehead atoms. The van der Waals surface area contributed by atoms with Crippen molar-refractivity contribution in [2.45, 2.75) is 6.92 Å². The molecule has 3 nitrogen and oxygen atoms in total. The van der Waals surface area contributed by atoms with Crippen LogP contribution in [0.15, 0.2) is 6.33 Å². The normalized spacial score (nSPS) is 12.0. The molecule has 1 heterocycles. The number of hydrogen-bond acceptors (Lipinski definition) is 2. The lowest BCUT2D eigenvalue weighted by Crippen LogP contribution is -2.08. The first-order valence-electron chi connectivity index (χ1n) is 3.46. The van der Waals surface area contributed by atoms with Gasteiger partial charge >= 0.3 is 0 Å². The third-order valence-corrected chi connectivity index (χ3v) is 3.18. The average molecular weight is 172 g/mol. The molecule has 11 heavy (non-hydrogen) atoms. The van der Waals surface area contributed by atoms with Crippen LogP contribution < -0.4 is 5.44 Å². The molecule has 62 valence electrons. The van der Waals surface area contributed by atoms with E-state index < -0.39 is 7.14 Å². The largest absolute Gasteiger partial charge is 0.337 e. The highest BCUT2D eigenvalue weighted by molar-refractivity contribution is 7.70. The second-order valence-corrected chi connectivity index (χ2v) is 6.24. The Morgan fingerprint density at radius 2 is 2.09 bits per heavy atom. The van der Waals surface area contributed by atoms with Gasteiger partial charge in [-0.2, -0.15) is 0 Å². The summed E-state index contributed by atoms with van der Waals surface area (Å²) in [5, 5.41) is 0. The molecular formula is C7H13N2OP. The number of imidazole rings is 1. The molecule has 0 spiro atoms. The van der Waals surface area contributed by atoms with E-state index in [1.165, 1.54) is 0 Å². The molecule has 1 rings (SSSR count). The number of aromatic nitrogens is 2. The van der Waals surface area contributed by atoms with Crippen molar-refractivity contribution in [3.05, 3.63) is 12.0 Å². The van der Waals surface area contributed by atoms with Gasteiger partial charge in [0.05, 0.1) is 6.33 Å². The standard InChI is InChI=1S/C7H13N2OP/c1-6-7(11(3,4)10)8-5-9(6)2/h5H,1-4H3. The average Bonchev–Trinajstić information content (AvgIpc) is 2.11. The predicted molar refractivity (Wildman–Crippen MR) is 47.0 cm³/mol. The van der Waals surface area contributed by atoms with Crippen LogP contribution in [0.2, 0.25) is 0 Å². The number of rotatable bonds is 1. The Bertz CT molecular complexity index is 310. The number of hydrogen-bond donors (Lipinski definition) is 0. The first kappa shape index (κ1) is 8.54. The minimum absolute atomic E-state index is 0.750. The molecule has 0 atom stereocenters. The summed E-state index contributed by atoms with van der Waals surface area (Å²) in [7, 11) is -0.263. The number of aryl methyl sites for hydroxylation is 1. The molecule has 0 saturated heterocycles. The van der Waals surface area contributed by atoms with E-state index >= 15 is 0 Å². The fraction of sp³-hybridized carbons (Fsp3) is 0.571. The van der Waals surface area contributed by atoms with Crippen LogP contribution >= 0.6 is 7.14 Å². The predicted octanol–water partition coefficient (Wildman–Crippen LogP) is 0.977. The van der Waals surface area contributed by atoms with Crippen molar-refractivity contribution in [1.82, 2.24) is 9.55 Å². The molecule has 1 aromatic heterocycles.